The van der Waals surface area contributed by atoms with Crippen LogP contribution < -0.4 is 0 Å². The molecule has 5 heteroatoms. The van der Waals surface area contributed by atoms with Gasteiger partial charge in [-0.05, 0) is 18.2 Å². The standard InChI is InChI=1S/C15H11NO4/c17-8-11-7-13-12(5-6-20-13)14(16-11)9-1-3-10(4-2-9)15(18)19/h1-7,17H,8H2,(H,18,19)/i8D2. The Labute approximate surface area is 116 Å². The molecule has 0 atom stereocenters. The molecule has 2 aromatic heterocycles. The highest BCUT2D eigenvalue weighted by Gasteiger charge is 2.11. The van der Waals surface area contributed by atoms with Crippen molar-refractivity contribution in [1.29, 1.82) is 0 Å². The van der Waals surface area contributed by atoms with Gasteiger partial charge in [-0.2, -0.15) is 0 Å². The monoisotopic (exact) mass is 271 g/mol. The molecule has 0 saturated carbocycles. The second kappa shape index (κ2) is 4.79. The molecule has 0 unspecified atom stereocenters. The van der Waals surface area contributed by atoms with Crippen LogP contribution in [0.4, 0.5) is 0 Å². The molecule has 20 heavy (non-hydrogen) atoms. The Kier molecular flexibility index (Phi) is 2.43. The van der Waals surface area contributed by atoms with Crippen LogP contribution in [0.15, 0.2) is 47.1 Å². The Morgan fingerprint density at radius 1 is 1.30 bits per heavy atom. The molecular formula is C15H11NO4. The van der Waals surface area contributed by atoms with Crippen LogP contribution in [0.25, 0.3) is 22.2 Å². The zero-order valence-corrected chi connectivity index (χ0v) is 10.2. The van der Waals surface area contributed by atoms with Crippen LogP contribution in [-0.4, -0.2) is 21.2 Å². The number of benzene rings is 1. The number of pyridine rings is 1. The first-order chi connectivity index (χ1) is 10.4. The van der Waals surface area contributed by atoms with Crippen LogP contribution in [0.2, 0.25) is 0 Å². The van der Waals surface area contributed by atoms with Crippen LogP contribution >= 0.6 is 0 Å². The van der Waals surface area contributed by atoms with Crippen LogP contribution in [-0.2, 0) is 6.56 Å². The molecule has 0 aliphatic carbocycles. The molecule has 0 radical (unpaired) electrons. The van der Waals surface area contributed by atoms with Crippen molar-refractivity contribution in [1.82, 2.24) is 4.98 Å². The molecule has 100 valence electrons. The Morgan fingerprint density at radius 3 is 2.70 bits per heavy atom. The highest BCUT2D eigenvalue weighted by molar-refractivity contribution is 5.93. The second-order valence-electron chi connectivity index (χ2n) is 4.18. The topological polar surface area (TPSA) is 83.6 Å². The Morgan fingerprint density at radius 2 is 2.05 bits per heavy atom. The van der Waals surface area contributed by atoms with Gasteiger partial charge in [-0.15, -0.1) is 0 Å². The molecule has 0 fully saturated rings. The smallest absolute Gasteiger partial charge is 0.335 e. The average molecular weight is 271 g/mol. The number of carbonyl (C=O) groups is 1. The van der Waals surface area contributed by atoms with E-state index in [-0.39, 0.29) is 11.3 Å². The maximum absolute atomic E-state index is 10.9. The molecule has 3 rings (SSSR count). The zero-order chi connectivity index (χ0) is 15.9. The number of aliphatic hydroxyl groups is 1. The molecule has 0 aliphatic rings. The number of hydrogen-bond acceptors (Lipinski definition) is 4. The van der Waals surface area contributed by atoms with E-state index in [0.717, 1.165) is 0 Å². The predicted octanol–water partition coefficient (Wildman–Crippen LogP) is 2.69. The summed E-state index contributed by atoms with van der Waals surface area (Å²) in [5.41, 5.74) is 1.37. The quantitative estimate of drug-likeness (QED) is 0.765. The highest BCUT2D eigenvalue weighted by atomic mass is 16.4. The lowest BCUT2D eigenvalue weighted by Gasteiger charge is -2.05. The van der Waals surface area contributed by atoms with Crippen molar-refractivity contribution >= 4 is 16.9 Å². The fourth-order valence-electron chi connectivity index (χ4n) is 2.01. The molecule has 0 bridgehead atoms. The van der Waals surface area contributed by atoms with Gasteiger partial charge in [-0.1, -0.05) is 12.1 Å². The maximum atomic E-state index is 10.9. The number of hydrogen-bond donors (Lipinski definition) is 2. The van der Waals surface area contributed by atoms with E-state index in [9.17, 15) is 9.90 Å². The van der Waals surface area contributed by atoms with Crippen molar-refractivity contribution in [3.8, 4) is 11.3 Å². The second-order valence-corrected chi connectivity index (χ2v) is 4.18. The minimum absolute atomic E-state index is 0.140. The summed E-state index contributed by atoms with van der Waals surface area (Å²) in [4.78, 5) is 15.0. The molecule has 0 aliphatic heterocycles. The predicted molar refractivity (Wildman–Crippen MR) is 72.3 cm³/mol. The minimum atomic E-state index is -2.60. The molecule has 2 heterocycles. The number of aromatic carboxylic acids is 1. The lowest BCUT2D eigenvalue weighted by molar-refractivity contribution is 0.0697. The van der Waals surface area contributed by atoms with Crippen LogP contribution in [0.3, 0.4) is 0 Å². The van der Waals surface area contributed by atoms with E-state index in [0.29, 0.717) is 22.2 Å². The Balaban J connectivity index is 2.20. The molecule has 0 spiro atoms. The van der Waals surface area contributed by atoms with Crippen molar-refractivity contribution in [3.05, 3.63) is 53.9 Å². The van der Waals surface area contributed by atoms with Crippen LogP contribution in [0.5, 0.6) is 0 Å². The van der Waals surface area contributed by atoms with Crippen LogP contribution in [0.1, 0.15) is 18.8 Å². The number of furan rings is 1. The molecule has 0 saturated heterocycles. The molecule has 2 N–H and O–H groups in total. The fourth-order valence-corrected chi connectivity index (χ4v) is 2.01. The summed E-state index contributed by atoms with van der Waals surface area (Å²) in [6.07, 6.45) is 1.44. The Bertz CT molecular complexity index is 850. The number of fused-ring (bicyclic) bond motifs is 1. The lowest BCUT2D eigenvalue weighted by Crippen LogP contribution is -1.96. The number of carboxylic acids is 1. The Hall–Kier alpha value is -2.66. The van der Waals surface area contributed by atoms with Gasteiger partial charge in [0, 0.05) is 17.0 Å². The summed E-state index contributed by atoms with van der Waals surface area (Å²) >= 11 is 0. The van der Waals surface area contributed by atoms with Gasteiger partial charge < -0.3 is 14.6 Å². The van der Waals surface area contributed by atoms with Gasteiger partial charge >= 0.3 is 5.97 Å². The van der Waals surface area contributed by atoms with Gasteiger partial charge in [-0.25, -0.2) is 9.78 Å². The van der Waals surface area contributed by atoms with E-state index < -0.39 is 12.5 Å². The third-order valence-electron chi connectivity index (χ3n) is 2.97. The lowest BCUT2D eigenvalue weighted by atomic mass is 10.1. The van der Waals surface area contributed by atoms with Gasteiger partial charge in [-0.3, -0.25) is 0 Å². The average Bonchev–Trinajstić information content (AvgIpc) is 2.93. The van der Waals surface area contributed by atoms with Gasteiger partial charge in [0.15, 0.2) is 0 Å². The number of rotatable bonds is 3. The third-order valence-corrected chi connectivity index (χ3v) is 2.97. The summed E-state index contributed by atoms with van der Waals surface area (Å²) < 4.78 is 20.0. The zero-order valence-electron chi connectivity index (χ0n) is 12.2. The van der Waals surface area contributed by atoms with E-state index in [1.54, 1.807) is 18.2 Å². The van der Waals surface area contributed by atoms with Crippen molar-refractivity contribution in [3.63, 3.8) is 0 Å². The van der Waals surface area contributed by atoms with Crippen molar-refractivity contribution < 1.29 is 22.2 Å². The molecule has 0 amide bonds. The first kappa shape index (κ1) is 10.2. The van der Waals surface area contributed by atoms with Gasteiger partial charge in [0.05, 0.1) is 32.5 Å². The largest absolute Gasteiger partial charge is 0.478 e. The molecule has 5 nitrogen and oxygen atoms in total. The highest BCUT2D eigenvalue weighted by Crippen LogP contribution is 2.28. The first-order valence-corrected chi connectivity index (χ1v) is 5.81. The number of nitrogens with zero attached hydrogens (tertiary/aromatic N) is 1. The van der Waals surface area contributed by atoms with Crippen molar-refractivity contribution in [2.45, 2.75) is 6.56 Å². The first-order valence-electron chi connectivity index (χ1n) is 6.81. The van der Waals surface area contributed by atoms with E-state index in [1.165, 1.54) is 24.5 Å². The summed E-state index contributed by atoms with van der Waals surface area (Å²) in [7, 11) is 0. The van der Waals surface area contributed by atoms with Crippen LogP contribution in [0, 0.1) is 0 Å². The van der Waals surface area contributed by atoms with E-state index in [4.69, 9.17) is 12.3 Å². The van der Waals surface area contributed by atoms with E-state index in [2.05, 4.69) is 4.98 Å². The molecule has 1 aromatic carbocycles. The number of carboxylic acid groups (broad SMARTS) is 1. The van der Waals surface area contributed by atoms with E-state index in [1.807, 2.05) is 0 Å². The van der Waals surface area contributed by atoms with Gasteiger partial charge in [0.25, 0.3) is 0 Å². The summed E-state index contributed by atoms with van der Waals surface area (Å²) in [6.45, 7) is -2.60. The normalized spacial score (nSPS) is 13.1. The number of aromatic nitrogens is 1. The fraction of sp³-hybridized carbons (Fsp3) is 0.0667. The van der Waals surface area contributed by atoms with Crippen molar-refractivity contribution in [2.75, 3.05) is 0 Å². The van der Waals surface area contributed by atoms with Gasteiger partial charge in [0.1, 0.15) is 5.58 Å². The molecular weight excluding hydrogens is 258 g/mol. The SMILES string of the molecule is [2H]C([2H])(O)c1cc2occc2c(-c2ccc(C(=O)O)cc2)n1. The third kappa shape index (κ3) is 2.04. The summed E-state index contributed by atoms with van der Waals surface area (Å²) in [5.74, 6) is -1.03. The molecule has 3 aromatic rings. The van der Waals surface area contributed by atoms with Gasteiger partial charge in [0.2, 0.25) is 0 Å². The minimum Gasteiger partial charge on any atom is -0.478 e. The van der Waals surface area contributed by atoms with Crippen molar-refractivity contribution in [2.24, 2.45) is 0 Å². The summed E-state index contributed by atoms with van der Waals surface area (Å²) in [5, 5.41) is 19.1. The summed E-state index contributed by atoms with van der Waals surface area (Å²) in [6, 6.07) is 9.05. The van der Waals surface area contributed by atoms with E-state index >= 15 is 0 Å². The maximum Gasteiger partial charge on any atom is 0.335 e.